The van der Waals surface area contributed by atoms with Crippen molar-refractivity contribution < 1.29 is 4.10 Å². The molecule has 0 aromatic heterocycles. The van der Waals surface area contributed by atoms with Crippen molar-refractivity contribution in [3.63, 3.8) is 0 Å². The van der Waals surface area contributed by atoms with Crippen LogP contribution < -0.4 is 0 Å². The maximum absolute atomic E-state index is 8.90. The Labute approximate surface area is 57.1 Å². The zero-order chi connectivity index (χ0) is 6.27. The third kappa shape index (κ3) is 0.580. The molecule has 1 aromatic carbocycles. The molecule has 0 bridgehead atoms. The minimum atomic E-state index is 0.905. The summed E-state index contributed by atoms with van der Waals surface area (Å²) in [6, 6.07) is 7.72. The van der Waals surface area contributed by atoms with Crippen molar-refractivity contribution in [2.45, 2.75) is 4.90 Å². The first-order valence-corrected chi connectivity index (χ1v) is 3.41. The zero-order valence-electron chi connectivity index (χ0n) is 4.61. The van der Waals surface area contributed by atoms with Crippen LogP contribution >= 0.6 is 11.9 Å². The van der Waals surface area contributed by atoms with Crippen molar-refractivity contribution in [3.8, 4) is 0 Å². The summed E-state index contributed by atoms with van der Waals surface area (Å²) in [5.74, 6) is 0. The van der Waals surface area contributed by atoms with Gasteiger partial charge in [-0.15, -0.1) is 0 Å². The van der Waals surface area contributed by atoms with Crippen molar-refractivity contribution in [1.29, 1.82) is 0 Å². The fourth-order valence-corrected chi connectivity index (χ4v) is 1.49. The topological polar surface area (TPSA) is 25.3 Å². The predicted octanol–water partition coefficient (Wildman–Crippen LogP) is 2.37. The fraction of sp³-hybridized carbons (Fsp3) is 0. The maximum Gasteiger partial charge on any atom is 0.227 e. The van der Waals surface area contributed by atoms with Crippen molar-refractivity contribution in [2.24, 2.45) is 0 Å². The van der Waals surface area contributed by atoms with E-state index in [0.717, 1.165) is 14.7 Å². The highest BCUT2D eigenvalue weighted by atomic mass is 32.2. The normalized spacial score (nSPS) is 14.4. The first-order valence-electron chi connectivity index (χ1n) is 2.64. The average molecular weight is 136 g/mol. The molecule has 0 saturated carbocycles. The van der Waals surface area contributed by atoms with Crippen LogP contribution in [0.3, 0.4) is 0 Å². The molecule has 0 radical (unpaired) electrons. The van der Waals surface area contributed by atoms with Crippen LogP contribution in [0.1, 0.15) is 0 Å². The Balaban J connectivity index is 2.63. The van der Waals surface area contributed by atoms with Crippen LogP contribution in [-0.2, 0) is 0 Å². The van der Waals surface area contributed by atoms with Gasteiger partial charge in [0.05, 0.1) is 0 Å². The second-order valence-electron chi connectivity index (χ2n) is 1.83. The molecular weight excluding hydrogens is 132 g/mol. The quantitative estimate of drug-likeness (QED) is 0.397. The molecular formula is C6H4N2S. The highest BCUT2D eigenvalue weighted by Gasteiger charge is 2.25. The molecule has 0 atom stereocenters. The number of hydrogen-bond acceptors (Lipinski definition) is 1. The van der Waals surface area contributed by atoms with Crippen LogP contribution in [0.2, 0.25) is 0 Å². The first-order chi connectivity index (χ1) is 4.38. The summed E-state index contributed by atoms with van der Waals surface area (Å²) in [6.45, 7) is 0. The predicted molar refractivity (Wildman–Crippen MR) is 35.6 cm³/mol. The van der Waals surface area contributed by atoms with Gasteiger partial charge in [-0.05, 0) is 6.07 Å². The summed E-state index contributed by atoms with van der Waals surface area (Å²) >= 11 is 1.34. The van der Waals surface area contributed by atoms with Gasteiger partial charge in [-0.2, -0.15) is 0 Å². The van der Waals surface area contributed by atoms with E-state index in [1.165, 1.54) is 11.9 Å². The number of para-hydroxylation sites is 1. The molecule has 0 spiro atoms. The van der Waals surface area contributed by atoms with Gasteiger partial charge in [-0.1, -0.05) is 12.1 Å². The number of benzene rings is 1. The van der Waals surface area contributed by atoms with Gasteiger partial charge in [0.1, 0.15) is 4.90 Å². The number of nitrogens with zero attached hydrogens (tertiary/aromatic N) is 2. The van der Waals surface area contributed by atoms with E-state index >= 15 is 0 Å². The standard InChI is InChI=1S/C6H4N2S/c7-8-5-3-1-2-4-6(5)9-8/h1-4H. The van der Waals surface area contributed by atoms with Gasteiger partial charge < -0.3 is 5.53 Å². The Morgan fingerprint density at radius 3 is 2.67 bits per heavy atom. The molecule has 1 aliphatic heterocycles. The van der Waals surface area contributed by atoms with Gasteiger partial charge in [-0.3, -0.25) is 0 Å². The summed E-state index contributed by atoms with van der Waals surface area (Å²) in [5, 5.41) is 0. The molecule has 0 amide bonds. The number of hydrogen-bond donors (Lipinski definition) is 0. The van der Waals surface area contributed by atoms with Crippen LogP contribution in [0.15, 0.2) is 29.2 Å². The Morgan fingerprint density at radius 1 is 1.33 bits per heavy atom. The molecule has 2 rings (SSSR count). The minimum absolute atomic E-state index is 0.905. The Bertz CT molecular complexity index is 270. The monoisotopic (exact) mass is 136 g/mol. The van der Waals surface area contributed by atoms with Gasteiger partial charge in [0.15, 0.2) is 11.9 Å². The van der Waals surface area contributed by atoms with E-state index in [9.17, 15) is 0 Å². The average Bonchev–Trinajstić information content (AvgIpc) is 1.86. The molecule has 0 N–H and O–H groups in total. The van der Waals surface area contributed by atoms with E-state index in [2.05, 4.69) is 0 Å². The molecule has 0 saturated heterocycles. The van der Waals surface area contributed by atoms with Crippen LogP contribution in [0.25, 0.3) is 5.53 Å². The molecule has 2 nitrogen and oxygen atoms in total. The lowest BCUT2D eigenvalue weighted by atomic mass is 10.3. The Kier molecular flexibility index (Phi) is 0.873. The lowest BCUT2D eigenvalue weighted by Gasteiger charge is -2.13. The van der Waals surface area contributed by atoms with Crippen LogP contribution in [0.4, 0.5) is 5.69 Å². The summed E-state index contributed by atoms with van der Waals surface area (Å²) in [5.41, 5.74) is 9.80. The molecule has 9 heavy (non-hydrogen) atoms. The fourth-order valence-electron chi connectivity index (χ4n) is 0.796. The highest BCUT2D eigenvalue weighted by Crippen LogP contribution is 2.42. The lowest BCUT2D eigenvalue weighted by Crippen LogP contribution is -1.99. The van der Waals surface area contributed by atoms with E-state index in [0.29, 0.717) is 0 Å². The lowest BCUT2D eigenvalue weighted by molar-refractivity contribution is -0.286. The smallest absolute Gasteiger partial charge is 0.227 e. The van der Waals surface area contributed by atoms with Gasteiger partial charge in [0.25, 0.3) is 0 Å². The van der Waals surface area contributed by atoms with Crippen LogP contribution in [0, 0.1) is 0 Å². The highest BCUT2D eigenvalue weighted by molar-refractivity contribution is 7.94. The Morgan fingerprint density at radius 2 is 2.11 bits per heavy atom. The van der Waals surface area contributed by atoms with Crippen LogP contribution in [-0.4, -0.2) is 4.10 Å². The van der Waals surface area contributed by atoms with Crippen LogP contribution in [0.5, 0.6) is 0 Å². The summed E-state index contributed by atoms with van der Waals surface area (Å²) in [6.07, 6.45) is 0. The molecule has 1 heterocycles. The number of fused-ring (bicyclic) bond motifs is 1. The maximum atomic E-state index is 8.90. The van der Waals surface area contributed by atoms with E-state index in [1.54, 1.807) is 0 Å². The SMILES string of the molecule is [N-]=[N+]1Sc2ccccc21. The summed E-state index contributed by atoms with van der Waals surface area (Å²) in [4.78, 5) is 1.14. The second-order valence-corrected chi connectivity index (χ2v) is 2.80. The molecule has 0 fully saturated rings. The number of rotatable bonds is 0. The third-order valence-electron chi connectivity index (χ3n) is 1.26. The van der Waals surface area contributed by atoms with Crippen molar-refractivity contribution in [2.75, 3.05) is 0 Å². The van der Waals surface area contributed by atoms with Crippen molar-refractivity contribution in [1.82, 2.24) is 0 Å². The van der Waals surface area contributed by atoms with Crippen molar-refractivity contribution in [3.05, 3.63) is 29.8 Å². The summed E-state index contributed by atoms with van der Waals surface area (Å²) < 4.78 is 1.16. The van der Waals surface area contributed by atoms with Crippen molar-refractivity contribution >= 4 is 17.6 Å². The molecule has 1 aliphatic rings. The van der Waals surface area contributed by atoms with Gasteiger partial charge >= 0.3 is 0 Å². The molecule has 0 aliphatic carbocycles. The van der Waals surface area contributed by atoms with E-state index in [1.807, 2.05) is 24.3 Å². The summed E-state index contributed by atoms with van der Waals surface area (Å²) in [7, 11) is 0. The van der Waals surface area contributed by atoms with E-state index in [4.69, 9.17) is 5.53 Å². The minimum Gasteiger partial charge on any atom is -0.484 e. The molecule has 1 aromatic rings. The van der Waals surface area contributed by atoms with Gasteiger partial charge in [0, 0.05) is 6.07 Å². The van der Waals surface area contributed by atoms with Gasteiger partial charge in [0.2, 0.25) is 5.69 Å². The molecule has 44 valence electrons. The van der Waals surface area contributed by atoms with E-state index in [-0.39, 0.29) is 0 Å². The third-order valence-corrected chi connectivity index (χ3v) is 2.17. The largest absolute Gasteiger partial charge is 0.484 e. The zero-order valence-corrected chi connectivity index (χ0v) is 5.43. The second kappa shape index (κ2) is 1.57. The Hall–Kier alpha value is -0.830. The molecule has 0 unspecified atom stereocenters. The van der Waals surface area contributed by atoms with Gasteiger partial charge in [-0.25, -0.2) is 4.10 Å². The first kappa shape index (κ1) is 4.99. The van der Waals surface area contributed by atoms with E-state index < -0.39 is 0 Å². The molecule has 3 heteroatoms.